The van der Waals surface area contributed by atoms with Gasteiger partial charge in [0.1, 0.15) is 16.4 Å². The minimum atomic E-state index is -2.78. The number of benzene rings is 3. The van der Waals surface area contributed by atoms with Crippen LogP contribution in [-0.2, 0) is 20.2 Å². The SMILES string of the molecule is CCOC(=O)C[C@@H](c1ccc(C)c(NCOc2ccccc2[SH](=O)=O)c1)c1cc(N)c(N)c(OC)c1. The molecule has 10 heteroatoms. The lowest BCUT2D eigenvalue weighted by molar-refractivity contribution is -0.143. The summed E-state index contributed by atoms with van der Waals surface area (Å²) < 4.78 is 39.2. The molecule has 192 valence electrons. The first kappa shape index (κ1) is 26.7. The van der Waals surface area contributed by atoms with Gasteiger partial charge in [-0.25, -0.2) is 8.42 Å². The number of nitrogens with one attached hydrogen (secondary N) is 1. The average molecular weight is 514 g/mol. The normalized spacial score (nSPS) is 11.7. The zero-order valence-corrected chi connectivity index (χ0v) is 21.3. The molecule has 9 nitrogen and oxygen atoms in total. The zero-order valence-electron chi connectivity index (χ0n) is 20.4. The van der Waals surface area contributed by atoms with E-state index in [9.17, 15) is 13.2 Å². The van der Waals surface area contributed by atoms with Gasteiger partial charge in [0, 0.05) is 11.6 Å². The van der Waals surface area contributed by atoms with E-state index in [1.54, 1.807) is 37.3 Å². The lowest BCUT2D eigenvalue weighted by atomic mass is 9.87. The van der Waals surface area contributed by atoms with Gasteiger partial charge in [-0.3, -0.25) is 4.79 Å². The van der Waals surface area contributed by atoms with E-state index in [4.69, 9.17) is 25.7 Å². The smallest absolute Gasteiger partial charge is 0.306 e. The summed E-state index contributed by atoms with van der Waals surface area (Å²) in [5.74, 6) is -0.0422. The number of methoxy groups -OCH3 is 1. The number of nitrogens with two attached hydrogens (primary N) is 2. The molecule has 3 rings (SSSR count). The van der Waals surface area contributed by atoms with Crippen LogP contribution in [0.15, 0.2) is 59.5 Å². The van der Waals surface area contributed by atoms with E-state index in [0.717, 1.165) is 22.4 Å². The van der Waals surface area contributed by atoms with E-state index in [-0.39, 0.29) is 42.3 Å². The summed E-state index contributed by atoms with van der Waals surface area (Å²) in [6.45, 7) is 3.99. The molecule has 0 heterocycles. The number of esters is 1. The van der Waals surface area contributed by atoms with Crippen molar-refractivity contribution in [3.63, 3.8) is 0 Å². The minimum absolute atomic E-state index is 0.0374. The average Bonchev–Trinajstić information content (AvgIpc) is 2.86. The number of ether oxygens (including phenoxy) is 3. The standard InChI is InChI=1S/C26H31N3O6S/c1-4-34-25(30)14-19(18-11-20(27)26(28)23(13-18)33-3)17-10-9-16(2)21(12-17)29-15-35-22-7-5-6-8-24(22)36(31)32/h5-13,19,29,36H,4,14-15,27-28H2,1-3H3/t19-/m0/s1. The second-order valence-electron chi connectivity index (χ2n) is 8.05. The van der Waals surface area contributed by atoms with E-state index >= 15 is 0 Å². The van der Waals surface area contributed by atoms with Gasteiger partial charge in [0.25, 0.3) is 0 Å². The number of carbonyl (C=O) groups excluding carboxylic acids is 1. The minimum Gasteiger partial charge on any atom is -0.495 e. The predicted octanol–water partition coefficient (Wildman–Crippen LogP) is 3.67. The number of nitrogen functional groups attached to an aromatic ring is 2. The molecule has 0 spiro atoms. The Bertz CT molecular complexity index is 1300. The molecule has 0 fully saturated rings. The summed E-state index contributed by atoms with van der Waals surface area (Å²) in [5, 5.41) is 3.19. The molecule has 0 amide bonds. The Morgan fingerprint density at radius 3 is 2.47 bits per heavy atom. The highest BCUT2D eigenvalue weighted by Crippen LogP contribution is 2.37. The summed E-state index contributed by atoms with van der Waals surface area (Å²) in [4.78, 5) is 12.6. The number of thiol groups is 1. The van der Waals surface area contributed by atoms with Crippen LogP contribution in [0.3, 0.4) is 0 Å². The third kappa shape index (κ3) is 6.39. The molecule has 1 atom stereocenters. The second kappa shape index (κ2) is 12.2. The Kier molecular flexibility index (Phi) is 9.02. The fraction of sp³-hybridized carbons (Fsp3) is 0.269. The van der Waals surface area contributed by atoms with E-state index in [1.165, 1.54) is 13.2 Å². The van der Waals surface area contributed by atoms with Crippen molar-refractivity contribution in [2.75, 3.05) is 37.2 Å². The van der Waals surface area contributed by atoms with Crippen molar-refractivity contribution in [2.24, 2.45) is 0 Å². The van der Waals surface area contributed by atoms with Crippen LogP contribution in [-0.4, -0.2) is 34.8 Å². The largest absolute Gasteiger partial charge is 0.495 e. The number of anilines is 3. The first-order valence-electron chi connectivity index (χ1n) is 11.3. The first-order chi connectivity index (χ1) is 17.2. The first-order valence-corrected chi connectivity index (χ1v) is 12.5. The molecule has 0 saturated heterocycles. The van der Waals surface area contributed by atoms with Gasteiger partial charge in [0.05, 0.1) is 31.5 Å². The third-order valence-electron chi connectivity index (χ3n) is 5.71. The second-order valence-corrected chi connectivity index (χ2v) is 9.05. The van der Waals surface area contributed by atoms with Crippen LogP contribution in [0.25, 0.3) is 0 Å². The van der Waals surface area contributed by atoms with Crippen molar-refractivity contribution in [2.45, 2.75) is 31.1 Å². The van der Waals surface area contributed by atoms with Crippen molar-refractivity contribution in [3.8, 4) is 11.5 Å². The quantitative estimate of drug-likeness (QED) is 0.131. The third-order valence-corrected chi connectivity index (χ3v) is 6.47. The lowest BCUT2D eigenvalue weighted by Crippen LogP contribution is -2.14. The number of hydrogen-bond donors (Lipinski definition) is 4. The van der Waals surface area contributed by atoms with Crippen LogP contribution in [0.4, 0.5) is 17.1 Å². The fourth-order valence-electron chi connectivity index (χ4n) is 3.82. The number of para-hydroxylation sites is 1. The fourth-order valence-corrected chi connectivity index (χ4v) is 4.35. The molecule has 3 aromatic rings. The highest BCUT2D eigenvalue weighted by Gasteiger charge is 2.22. The van der Waals surface area contributed by atoms with Gasteiger partial charge in [0.2, 0.25) is 0 Å². The summed E-state index contributed by atoms with van der Waals surface area (Å²) in [5.41, 5.74) is 16.1. The maximum absolute atomic E-state index is 12.5. The van der Waals surface area contributed by atoms with E-state index in [1.807, 2.05) is 25.1 Å². The van der Waals surface area contributed by atoms with Crippen molar-refractivity contribution in [1.29, 1.82) is 0 Å². The number of carbonyl (C=O) groups is 1. The van der Waals surface area contributed by atoms with Gasteiger partial charge >= 0.3 is 5.97 Å². The van der Waals surface area contributed by atoms with Gasteiger partial charge in [-0.1, -0.05) is 24.3 Å². The van der Waals surface area contributed by atoms with Crippen LogP contribution < -0.4 is 26.3 Å². The maximum Gasteiger partial charge on any atom is 0.306 e. The van der Waals surface area contributed by atoms with Gasteiger partial charge < -0.3 is 31.0 Å². The van der Waals surface area contributed by atoms with Crippen molar-refractivity contribution in [3.05, 3.63) is 71.3 Å². The molecule has 0 saturated carbocycles. The number of hydrogen-bond acceptors (Lipinski definition) is 9. The van der Waals surface area contributed by atoms with Crippen LogP contribution in [0.2, 0.25) is 0 Å². The molecular formula is C26H31N3O6S. The van der Waals surface area contributed by atoms with E-state index in [2.05, 4.69) is 5.32 Å². The summed E-state index contributed by atoms with van der Waals surface area (Å²) in [7, 11) is -1.28. The van der Waals surface area contributed by atoms with Crippen molar-refractivity contribution < 1.29 is 27.4 Å². The molecule has 0 aliphatic carbocycles. The molecule has 3 aromatic carbocycles. The molecule has 0 unspecified atom stereocenters. The summed E-state index contributed by atoms with van der Waals surface area (Å²) in [6, 6.07) is 15.7. The van der Waals surface area contributed by atoms with E-state index in [0.29, 0.717) is 17.1 Å². The van der Waals surface area contributed by atoms with Crippen LogP contribution >= 0.6 is 0 Å². The molecule has 0 aliphatic heterocycles. The molecule has 0 radical (unpaired) electrons. The van der Waals surface area contributed by atoms with Crippen LogP contribution in [0, 0.1) is 6.92 Å². The molecule has 36 heavy (non-hydrogen) atoms. The maximum atomic E-state index is 12.5. The molecular weight excluding hydrogens is 482 g/mol. The summed E-state index contributed by atoms with van der Waals surface area (Å²) in [6.07, 6.45) is 0.0866. The Balaban J connectivity index is 1.91. The number of rotatable bonds is 11. The molecule has 0 bridgehead atoms. The predicted molar refractivity (Wildman–Crippen MR) is 140 cm³/mol. The Morgan fingerprint density at radius 1 is 1.03 bits per heavy atom. The van der Waals surface area contributed by atoms with Crippen molar-refractivity contribution >= 4 is 33.7 Å². The van der Waals surface area contributed by atoms with Crippen molar-refractivity contribution in [1.82, 2.24) is 0 Å². The van der Waals surface area contributed by atoms with Crippen LogP contribution in [0.1, 0.15) is 36.0 Å². The lowest BCUT2D eigenvalue weighted by Gasteiger charge is -2.21. The molecule has 5 N–H and O–H groups in total. The highest BCUT2D eigenvalue weighted by atomic mass is 32.2. The van der Waals surface area contributed by atoms with Gasteiger partial charge in [0.15, 0.2) is 17.4 Å². The topological polar surface area (TPSA) is 143 Å². The van der Waals surface area contributed by atoms with Gasteiger partial charge in [-0.15, -0.1) is 0 Å². The van der Waals surface area contributed by atoms with Gasteiger partial charge in [-0.2, -0.15) is 0 Å². The van der Waals surface area contributed by atoms with Crippen LogP contribution in [0.5, 0.6) is 11.5 Å². The van der Waals surface area contributed by atoms with E-state index < -0.39 is 10.7 Å². The Labute approximate surface area is 212 Å². The van der Waals surface area contributed by atoms with Gasteiger partial charge in [-0.05, 0) is 60.9 Å². The highest BCUT2D eigenvalue weighted by molar-refractivity contribution is 7.72. The Morgan fingerprint density at radius 2 is 1.78 bits per heavy atom. The monoisotopic (exact) mass is 513 g/mol. The summed E-state index contributed by atoms with van der Waals surface area (Å²) >= 11 is 0. The Hall–Kier alpha value is -3.92. The zero-order chi connectivity index (χ0) is 26.2. The molecule has 0 aliphatic rings. The molecule has 0 aromatic heterocycles. The number of aryl methyl sites for hydroxylation is 1.